The van der Waals surface area contributed by atoms with E-state index in [4.69, 9.17) is 18.9 Å². The van der Waals surface area contributed by atoms with Gasteiger partial charge in [-0.1, -0.05) is 48.5 Å². The van der Waals surface area contributed by atoms with Gasteiger partial charge in [0.15, 0.2) is 9.84 Å². The van der Waals surface area contributed by atoms with E-state index in [2.05, 4.69) is 46.2 Å². The third-order valence-electron chi connectivity index (χ3n) is 13.5. The van der Waals surface area contributed by atoms with Crippen molar-refractivity contribution in [3.05, 3.63) is 72.8 Å². The first-order chi connectivity index (χ1) is 35.5. The van der Waals surface area contributed by atoms with Crippen LogP contribution in [0.15, 0.2) is 82.6 Å². The van der Waals surface area contributed by atoms with Gasteiger partial charge in [-0.15, -0.1) is 11.8 Å². The number of hydrogen-bond donors (Lipinski definition) is 0. The summed E-state index contributed by atoms with van der Waals surface area (Å²) in [5, 5.41) is 3.96. The number of piperidine rings is 2. The Balaban J connectivity index is 0.000000221. The Kier molecular flexibility index (Phi) is 18.0. The molecular weight excluding hydrogens is 1000 g/mol. The van der Waals surface area contributed by atoms with Gasteiger partial charge in [-0.2, -0.15) is 0 Å². The second-order valence-corrected chi connectivity index (χ2v) is 27.7. The Morgan fingerprint density at radius 2 is 0.750 bits per heavy atom. The van der Waals surface area contributed by atoms with Gasteiger partial charge in [0, 0.05) is 116 Å². The average Bonchev–Trinajstić information content (AvgIpc) is 3.34. The van der Waals surface area contributed by atoms with Crippen LogP contribution in [0.3, 0.4) is 0 Å². The number of sulfone groups is 1. The lowest BCUT2D eigenvalue weighted by Crippen LogP contribution is -2.50. The summed E-state index contributed by atoms with van der Waals surface area (Å²) in [6.45, 7) is 29.7. The van der Waals surface area contributed by atoms with E-state index in [1.807, 2.05) is 130 Å². The molecule has 4 aromatic carbocycles. The molecule has 16 nitrogen and oxygen atoms in total. The predicted octanol–water partition coefficient (Wildman–Crippen LogP) is 11.5. The van der Waals surface area contributed by atoms with Gasteiger partial charge in [0.1, 0.15) is 22.4 Å². The SMILES string of the molecule is CC(C)(C)OC(=O)N1CCC(S(=O)(=O)c2ccc(N3CCN(C(=O)OC(C)(C)C)CC3)c3ccccc23)CC1.CC(C)(C)OC(=O)N1CCC(Sc2ccc(N3CCN(C(=O)OC(C)(C)C)CC3)c3ccccc23)CC1. The lowest BCUT2D eigenvalue weighted by molar-refractivity contribution is 0.0208. The Labute approximate surface area is 455 Å². The second kappa shape index (κ2) is 23.5. The molecule has 0 aromatic heterocycles. The number of benzene rings is 4. The molecule has 4 fully saturated rings. The van der Waals surface area contributed by atoms with Crippen LogP contribution in [-0.4, -0.2) is 164 Å². The number of amides is 4. The van der Waals surface area contributed by atoms with E-state index >= 15 is 0 Å². The zero-order valence-corrected chi connectivity index (χ0v) is 48.6. The molecule has 4 amide bonds. The molecule has 4 aliphatic rings. The molecule has 4 aliphatic heterocycles. The Morgan fingerprint density at radius 3 is 1.14 bits per heavy atom. The molecule has 18 heteroatoms. The number of rotatable bonds is 6. The quantitative estimate of drug-likeness (QED) is 0.168. The Hall–Kier alpha value is -5.62. The molecule has 0 bridgehead atoms. The third kappa shape index (κ3) is 15.3. The third-order valence-corrected chi connectivity index (χ3v) is 17.2. The first kappa shape index (κ1) is 58.1. The lowest BCUT2D eigenvalue weighted by Gasteiger charge is -2.37. The molecule has 0 aliphatic carbocycles. The largest absolute Gasteiger partial charge is 0.444 e. The fourth-order valence-corrected chi connectivity index (χ4v) is 13.0. The number of hydrogen-bond acceptors (Lipinski definition) is 13. The minimum absolute atomic E-state index is 0.211. The number of anilines is 2. The van der Waals surface area contributed by atoms with E-state index in [9.17, 15) is 27.6 Å². The summed E-state index contributed by atoms with van der Waals surface area (Å²) in [6, 6.07) is 24.2. The number of ether oxygens (including phenoxy) is 4. The van der Waals surface area contributed by atoms with Crippen molar-refractivity contribution in [1.82, 2.24) is 19.6 Å². The number of nitrogens with zero attached hydrogens (tertiary/aromatic N) is 6. The molecule has 0 unspecified atom stereocenters. The van der Waals surface area contributed by atoms with E-state index < -0.39 is 43.6 Å². The number of fused-ring (bicyclic) bond motifs is 2. The van der Waals surface area contributed by atoms with Gasteiger partial charge < -0.3 is 48.3 Å². The smallest absolute Gasteiger partial charge is 0.410 e. The number of likely N-dealkylation sites (tertiary alicyclic amines) is 2. The van der Waals surface area contributed by atoms with Gasteiger partial charge in [0.25, 0.3) is 0 Å². The van der Waals surface area contributed by atoms with Crippen molar-refractivity contribution in [2.24, 2.45) is 0 Å². The summed E-state index contributed by atoms with van der Waals surface area (Å²) in [5.74, 6) is 0. The fraction of sp³-hybridized carbons (Fsp3) is 0.586. The molecule has 4 aromatic rings. The van der Waals surface area contributed by atoms with Gasteiger partial charge in [-0.3, -0.25) is 0 Å². The highest BCUT2D eigenvalue weighted by atomic mass is 32.2. The van der Waals surface area contributed by atoms with Crippen LogP contribution in [0, 0.1) is 0 Å². The van der Waals surface area contributed by atoms with Crippen LogP contribution in [0.1, 0.15) is 109 Å². The van der Waals surface area contributed by atoms with Crippen LogP contribution in [0.25, 0.3) is 21.5 Å². The molecule has 0 saturated carbocycles. The minimum atomic E-state index is -3.62. The summed E-state index contributed by atoms with van der Waals surface area (Å²) in [6.07, 6.45) is 1.47. The zero-order chi connectivity index (χ0) is 55.4. The Bertz CT molecular complexity index is 2800. The average molecular weight is 1090 g/mol. The van der Waals surface area contributed by atoms with Crippen molar-refractivity contribution in [3.63, 3.8) is 0 Å². The van der Waals surface area contributed by atoms with Gasteiger partial charge >= 0.3 is 24.4 Å². The van der Waals surface area contributed by atoms with E-state index in [1.165, 1.54) is 21.4 Å². The maximum Gasteiger partial charge on any atom is 0.410 e. The van der Waals surface area contributed by atoms with E-state index in [1.54, 1.807) is 20.8 Å². The predicted molar refractivity (Wildman–Crippen MR) is 303 cm³/mol. The molecule has 0 radical (unpaired) electrons. The summed E-state index contributed by atoms with van der Waals surface area (Å²) in [7, 11) is -3.62. The zero-order valence-electron chi connectivity index (χ0n) is 47.0. The van der Waals surface area contributed by atoms with Crippen LogP contribution in [0.4, 0.5) is 30.6 Å². The first-order valence-electron chi connectivity index (χ1n) is 26.9. The summed E-state index contributed by atoms with van der Waals surface area (Å²) in [4.78, 5) is 62.9. The van der Waals surface area contributed by atoms with Crippen LogP contribution in [-0.2, 0) is 28.8 Å². The van der Waals surface area contributed by atoms with Crippen molar-refractivity contribution in [2.75, 3.05) is 88.3 Å². The van der Waals surface area contributed by atoms with Crippen molar-refractivity contribution >= 4 is 78.9 Å². The fourth-order valence-electron chi connectivity index (χ4n) is 9.84. The molecule has 4 heterocycles. The highest BCUT2D eigenvalue weighted by Gasteiger charge is 2.36. The van der Waals surface area contributed by atoms with Gasteiger partial charge in [0.2, 0.25) is 0 Å². The second-order valence-electron chi connectivity index (χ2n) is 24.2. The van der Waals surface area contributed by atoms with Crippen LogP contribution < -0.4 is 9.80 Å². The number of carbonyl (C=O) groups excluding carboxylic acids is 4. The molecule has 76 heavy (non-hydrogen) atoms. The van der Waals surface area contributed by atoms with Crippen LogP contribution >= 0.6 is 11.8 Å². The van der Waals surface area contributed by atoms with E-state index in [0.717, 1.165) is 50.1 Å². The normalized spacial score (nSPS) is 17.8. The summed E-state index contributed by atoms with van der Waals surface area (Å²) in [5.41, 5.74) is 0.0774. The standard InChI is InChI=1S/C29H41N3O6S.C29H41N3O4S/c1-28(2,3)37-26(33)31-15-13-21(14-16-31)39(35,36)25-12-11-24(22-9-7-8-10-23(22)25)30-17-19-32(20-18-30)27(34)38-29(4,5)6;1-28(2,3)35-26(33)31-15-13-21(14-16-31)37-25-12-11-24(22-9-7-8-10-23(22)25)30-17-19-32(20-18-30)27(34)36-29(4,5)6/h7-12,21H,13-20H2,1-6H3;7-12,21H,13-20H2,1-6H3. The monoisotopic (exact) mass is 1090 g/mol. The van der Waals surface area contributed by atoms with E-state index in [0.29, 0.717) is 80.7 Å². The van der Waals surface area contributed by atoms with Gasteiger partial charge in [-0.05, 0) is 138 Å². The Morgan fingerprint density at radius 1 is 0.421 bits per heavy atom. The molecular formula is C58H82N6O10S2. The summed E-state index contributed by atoms with van der Waals surface area (Å²) >= 11 is 1.92. The molecule has 8 rings (SSSR count). The highest BCUT2D eigenvalue weighted by molar-refractivity contribution is 8.00. The number of carbonyl (C=O) groups is 4. The topological polar surface area (TPSA) is 159 Å². The maximum atomic E-state index is 13.8. The van der Waals surface area contributed by atoms with Crippen molar-refractivity contribution in [2.45, 2.75) is 151 Å². The van der Waals surface area contributed by atoms with Crippen LogP contribution in [0.2, 0.25) is 0 Å². The highest BCUT2D eigenvalue weighted by Crippen LogP contribution is 2.40. The maximum absolute atomic E-state index is 13.8. The minimum Gasteiger partial charge on any atom is -0.444 e. The number of piperazine rings is 2. The van der Waals surface area contributed by atoms with Gasteiger partial charge in [-0.25, -0.2) is 27.6 Å². The first-order valence-corrected chi connectivity index (χ1v) is 29.3. The summed E-state index contributed by atoms with van der Waals surface area (Å²) < 4.78 is 49.7. The molecule has 0 spiro atoms. The molecule has 4 saturated heterocycles. The molecule has 0 atom stereocenters. The van der Waals surface area contributed by atoms with Gasteiger partial charge in [0.05, 0.1) is 10.1 Å². The van der Waals surface area contributed by atoms with Crippen molar-refractivity contribution in [3.8, 4) is 0 Å². The van der Waals surface area contributed by atoms with E-state index in [-0.39, 0.29) is 18.3 Å². The van der Waals surface area contributed by atoms with Crippen molar-refractivity contribution in [1.29, 1.82) is 0 Å². The van der Waals surface area contributed by atoms with Crippen molar-refractivity contribution < 1.29 is 46.5 Å². The van der Waals surface area contributed by atoms with Crippen LogP contribution in [0.5, 0.6) is 0 Å². The lowest BCUT2D eigenvalue weighted by atomic mass is 10.1. The number of thioether (sulfide) groups is 1. The molecule has 0 N–H and O–H groups in total. The molecule has 416 valence electrons.